The summed E-state index contributed by atoms with van der Waals surface area (Å²) in [6.07, 6.45) is 1.30. The molecule has 2 aromatic carbocycles. The normalized spacial score (nSPS) is 11.6. The molecule has 0 amide bonds. The van der Waals surface area contributed by atoms with Crippen molar-refractivity contribution in [1.29, 1.82) is 0 Å². The quantitative estimate of drug-likeness (QED) is 0.206. The molecule has 0 aliphatic heterocycles. The Hall–Kier alpha value is -1.83. The Morgan fingerprint density at radius 2 is 1.64 bits per heavy atom. The van der Waals surface area contributed by atoms with Gasteiger partial charge in [-0.2, -0.15) is 14.7 Å². The van der Waals surface area contributed by atoms with Crippen LogP contribution in [0.5, 0.6) is 0 Å². The summed E-state index contributed by atoms with van der Waals surface area (Å²) in [7, 11) is 0. The molecule has 0 bridgehead atoms. The zero-order valence-electron chi connectivity index (χ0n) is 19.7. The monoisotopic (exact) mass is 599 g/mol. The molecule has 36 heavy (non-hydrogen) atoms. The molecular formula is C25H21Cl4N3O2S2. The van der Waals surface area contributed by atoms with Crippen molar-refractivity contribution in [2.75, 3.05) is 0 Å². The van der Waals surface area contributed by atoms with Crippen molar-refractivity contribution >= 4 is 75.7 Å². The lowest BCUT2D eigenvalue weighted by Crippen LogP contribution is -1.98. The van der Waals surface area contributed by atoms with Crippen LogP contribution in [0.15, 0.2) is 40.6 Å². The van der Waals surface area contributed by atoms with Gasteiger partial charge in [-0.25, -0.2) is 9.67 Å². The number of halogens is 4. The highest BCUT2D eigenvalue weighted by Crippen LogP contribution is 2.42. The standard InChI is InChI=1S/C24H21Cl4N3S2.CO2/c1-5-12(2)32-23-22(15-6-7-19(27)20(28)10-15)29-24(33-23)31-14(4)21(13(3)30-31)16-8-17(25)11-18(26)9-16;2-1-3/h6-12H,5H2,1-4H3;. The summed E-state index contributed by atoms with van der Waals surface area (Å²) in [6.45, 7) is 8.41. The van der Waals surface area contributed by atoms with Gasteiger partial charge in [0.05, 0.1) is 31.3 Å². The summed E-state index contributed by atoms with van der Waals surface area (Å²) in [5, 5.41) is 8.27. The van der Waals surface area contributed by atoms with Gasteiger partial charge in [0.15, 0.2) is 0 Å². The van der Waals surface area contributed by atoms with E-state index in [1.807, 2.05) is 54.6 Å². The van der Waals surface area contributed by atoms with Gasteiger partial charge < -0.3 is 0 Å². The van der Waals surface area contributed by atoms with Crippen molar-refractivity contribution in [2.24, 2.45) is 0 Å². The van der Waals surface area contributed by atoms with Crippen LogP contribution in [0.25, 0.3) is 27.5 Å². The molecule has 0 spiro atoms. The zero-order valence-corrected chi connectivity index (χ0v) is 24.4. The fourth-order valence-corrected chi connectivity index (χ4v) is 6.87. The second-order valence-corrected chi connectivity index (χ2v) is 12.2. The van der Waals surface area contributed by atoms with Crippen molar-refractivity contribution in [3.63, 3.8) is 0 Å². The molecule has 11 heteroatoms. The molecule has 0 fully saturated rings. The lowest BCUT2D eigenvalue weighted by atomic mass is 10.0. The maximum atomic E-state index is 8.12. The highest BCUT2D eigenvalue weighted by molar-refractivity contribution is 8.01. The molecule has 1 unspecified atom stereocenters. The first-order valence-corrected chi connectivity index (χ1v) is 14.0. The number of aromatic nitrogens is 3. The summed E-state index contributed by atoms with van der Waals surface area (Å²) >= 11 is 28.4. The Morgan fingerprint density at radius 3 is 2.22 bits per heavy atom. The summed E-state index contributed by atoms with van der Waals surface area (Å²) in [4.78, 5) is 21.2. The van der Waals surface area contributed by atoms with Gasteiger partial charge in [0.2, 0.25) is 5.13 Å². The van der Waals surface area contributed by atoms with Crippen LogP contribution >= 0.6 is 69.5 Å². The molecule has 1 atom stereocenters. The van der Waals surface area contributed by atoms with Crippen LogP contribution in [-0.2, 0) is 9.59 Å². The van der Waals surface area contributed by atoms with Crippen LogP contribution in [0.3, 0.4) is 0 Å². The van der Waals surface area contributed by atoms with Crippen molar-refractivity contribution in [1.82, 2.24) is 14.8 Å². The topological polar surface area (TPSA) is 64.8 Å². The van der Waals surface area contributed by atoms with Crippen LogP contribution in [-0.4, -0.2) is 26.2 Å². The lowest BCUT2D eigenvalue weighted by molar-refractivity contribution is -0.191. The Balaban J connectivity index is 0.00000115. The van der Waals surface area contributed by atoms with Gasteiger partial charge in [-0.3, -0.25) is 0 Å². The van der Waals surface area contributed by atoms with E-state index in [-0.39, 0.29) is 6.15 Å². The third-order valence-electron chi connectivity index (χ3n) is 5.28. The molecule has 0 aliphatic rings. The summed E-state index contributed by atoms with van der Waals surface area (Å²) < 4.78 is 3.02. The Kier molecular flexibility index (Phi) is 10.1. The molecule has 4 aromatic rings. The van der Waals surface area contributed by atoms with E-state index in [4.69, 9.17) is 66.1 Å². The van der Waals surface area contributed by atoms with Crippen LogP contribution in [0.2, 0.25) is 20.1 Å². The second-order valence-electron chi connectivity index (χ2n) is 7.80. The molecule has 2 aromatic heterocycles. The molecule has 0 aliphatic carbocycles. The number of aryl methyl sites for hydroxylation is 1. The third-order valence-corrected chi connectivity index (χ3v) is 8.97. The van der Waals surface area contributed by atoms with Crippen molar-refractivity contribution < 1.29 is 9.59 Å². The number of carbonyl (C=O) groups excluding carboxylic acids is 2. The van der Waals surface area contributed by atoms with Crippen molar-refractivity contribution in [3.05, 3.63) is 67.9 Å². The Labute approximate surface area is 237 Å². The summed E-state index contributed by atoms with van der Waals surface area (Å²) in [6, 6.07) is 11.2. The number of hydrogen-bond acceptors (Lipinski definition) is 6. The van der Waals surface area contributed by atoms with Crippen LogP contribution in [0, 0.1) is 13.8 Å². The highest BCUT2D eigenvalue weighted by atomic mass is 35.5. The van der Waals surface area contributed by atoms with Gasteiger partial charge in [-0.05, 0) is 56.2 Å². The molecule has 0 radical (unpaired) electrons. The van der Waals surface area contributed by atoms with Gasteiger partial charge in [0.25, 0.3) is 0 Å². The van der Waals surface area contributed by atoms with Crippen LogP contribution < -0.4 is 0 Å². The van der Waals surface area contributed by atoms with Gasteiger partial charge >= 0.3 is 6.15 Å². The van der Waals surface area contributed by atoms with Gasteiger partial charge in [-0.1, -0.05) is 77.7 Å². The Bertz CT molecular complexity index is 1410. The second kappa shape index (κ2) is 12.6. The number of rotatable bonds is 6. The number of hydrogen-bond donors (Lipinski definition) is 0. The van der Waals surface area contributed by atoms with Gasteiger partial charge in [0.1, 0.15) is 0 Å². The first kappa shape index (κ1) is 28.7. The average molecular weight is 601 g/mol. The molecule has 5 nitrogen and oxygen atoms in total. The summed E-state index contributed by atoms with van der Waals surface area (Å²) in [5.41, 5.74) is 5.61. The SMILES string of the molecule is CCC(C)Sc1sc(-n2nc(C)c(-c3cc(Cl)cc(Cl)c3)c2C)nc1-c1ccc(Cl)c(Cl)c1.O=C=O. The largest absolute Gasteiger partial charge is 0.373 e. The number of nitrogens with zero attached hydrogens (tertiary/aromatic N) is 3. The molecule has 0 saturated carbocycles. The molecule has 2 heterocycles. The molecule has 0 saturated heterocycles. The van der Waals surface area contributed by atoms with E-state index in [0.29, 0.717) is 25.3 Å². The predicted molar refractivity (Wildman–Crippen MR) is 150 cm³/mol. The van der Waals surface area contributed by atoms with Gasteiger partial charge in [0, 0.05) is 26.4 Å². The predicted octanol–water partition coefficient (Wildman–Crippen LogP) is 9.20. The van der Waals surface area contributed by atoms with E-state index < -0.39 is 0 Å². The zero-order chi connectivity index (χ0) is 26.6. The summed E-state index contributed by atoms with van der Waals surface area (Å²) in [5.74, 6) is 0. The minimum absolute atomic E-state index is 0.250. The van der Waals surface area contributed by atoms with Gasteiger partial charge in [-0.15, -0.1) is 11.8 Å². The van der Waals surface area contributed by atoms with Crippen LogP contribution in [0.4, 0.5) is 0 Å². The van der Waals surface area contributed by atoms with E-state index in [0.717, 1.165) is 49.5 Å². The first-order valence-electron chi connectivity index (χ1n) is 10.7. The maximum Gasteiger partial charge on any atom is 0.373 e. The number of thiazole rings is 1. The minimum Gasteiger partial charge on any atom is -0.217 e. The first-order chi connectivity index (χ1) is 17.1. The molecule has 188 valence electrons. The van der Waals surface area contributed by atoms with Crippen molar-refractivity contribution in [3.8, 4) is 27.5 Å². The lowest BCUT2D eigenvalue weighted by Gasteiger charge is -2.08. The van der Waals surface area contributed by atoms with E-state index in [9.17, 15) is 0 Å². The molecule has 0 N–H and O–H groups in total. The fourth-order valence-electron chi connectivity index (χ4n) is 3.50. The molecule has 4 rings (SSSR count). The van der Waals surface area contributed by atoms with E-state index in [1.165, 1.54) is 0 Å². The number of benzene rings is 2. The highest BCUT2D eigenvalue weighted by Gasteiger charge is 2.22. The Morgan fingerprint density at radius 1 is 1.00 bits per heavy atom. The van der Waals surface area contributed by atoms with E-state index in [1.54, 1.807) is 23.5 Å². The fraction of sp³-hybridized carbons (Fsp3) is 0.240. The average Bonchev–Trinajstić information content (AvgIpc) is 3.35. The molecular weight excluding hydrogens is 580 g/mol. The smallest absolute Gasteiger partial charge is 0.217 e. The van der Waals surface area contributed by atoms with Crippen LogP contribution in [0.1, 0.15) is 31.7 Å². The number of thioether (sulfide) groups is 1. The maximum absolute atomic E-state index is 8.12. The third kappa shape index (κ3) is 6.53. The van der Waals surface area contributed by atoms with E-state index >= 15 is 0 Å². The van der Waals surface area contributed by atoms with Crippen molar-refractivity contribution in [2.45, 2.75) is 43.6 Å². The minimum atomic E-state index is 0.250. The van der Waals surface area contributed by atoms with E-state index in [2.05, 4.69) is 13.8 Å².